The quantitative estimate of drug-likeness (QED) is 0.684. The molecule has 0 radical (unpaired) electrons. The minimum absolute atomic E-state index is 0.478. The predicted molar refractivity (Wildman–Crippen MR) is 74.0 cm³/mol. The topological polar surface area (TPSA) is 21.8 Å². The van der Waals surface area contributed by atoms with Crippen LogP contribution in [-0.2, 0) is 11.2 Å². The smallest absolute Gasteiger partial charge is 0.119 e. The van der Waals surface area contributed by atoms with Gasteiger partial charge in [-0.2, -0.15) is 0 Å². The van der Waals surface area contributed by atoms with Gasteiger partial charge in [0, 0.05) is 0 Å². The van der Waals surface area contributed by atoms with Crippen molar-refractivity contribution in [1.82, 2.24) is 0 Å². The largest absolute Gasteiger partial charge is 0.494 e. The maximum absolute atomic E-state index is 5.65. The molecule has 2 heteroatoms. The van der Waals surface area contributed by atoms with Crippen molar-refractivity contribution in [2.24, 2.45) is 5.92 Å². The zero-order valence-corrected chi connectivity index (χ0v) is 11.7. The fourth-order valence-electron chi connectivity index (χ4n) is 2.42. The number of benzene rings is 1. The summed E-state index contributed by atoms with van der Waals surface area (Å²) < 4.78 is 11.2. The lowest BCUT2D eigenvalue weighted by Crippen LogP contribution is -2.09. The standard InChI is InChI=1S/C16H24O2/c1-4-10-17-14-8-6-13(7-9-14)11-12(3)16-15(5-2)18-16/h6-9,12,15-16H,4-5,10-11H2,1-3H3. The van der Waals surface area contributed by atoms with Crippen LogP contribution < -0.4 is 4.74 Å². The summed E-state index contributed by atoms with van der Waals surface area (Å²) in [5.74, 6) is 1.58. The first kappa shape index (κ1) is 13.4. The van der Waals surface area contributed by atoms with Gasteiger partial charge in [-0.25, -0.2) is 0 Å². The Morgan fingerprint density at radius 1 is 1.22 bits per heavy atom. The Balaban J connectivity index is 1.82. The van der Waals surface area contributed by atoms with Crippen LogP contribution >= 0.6 is 0 Å². The molecule has 1 fully saturated rings. The van der Waals surface area contributed by atoms with E-state index in [0.29, 0.717) is 18.1 Å². The summed E-state index contributed by atoms with van der Waals surface area (Å²) >= 11 is 0. The SMILES string of the molecule is CCCOc1ccc(CC(C)C2OC2CC)cc1. The van der Waals surface area contributed by atoms with Crippen molar-refractivity contribution in [1.29, 1.82) is 0 Å². The van der Waals surface area contributed by atoms with E-state index < -0.39 is 0 Å². The lowest BCUT2D eigenvalue weighted by Gasteiger charge is -2.10. The van der Waals surface area contributed by atoms with Crippen LogP contribution in [0.25, 0.3) is 0 Å². The number of rotatable bonds is 7. The maximum atomic E-state index is 5.65. The highest BCUT2D eigenvalue weighted by molar-refractivity contribution is 5.27. The third-order valence-electron chi connectivity index (χ3n) is 3.54. The zero-order valence-electron chi connectivity index (χ0n) is 11.7. The van der Waals surface area contributed by atoms with Crippen LogP contribution in [0.5, 0.6) is 5.75 Å². The van der Waals surface area contributed by atoms with E-state index in [9.17, 15) is 0 Å². The average molecular weight is 248 g/mol. The van der Waals surface area contributed by atoms with Crippen LogP contribution in [0.2, 0.25) is 0 Å². The van der Waals surface area contributed by atoms with Gasteiger partial charge in [0.15, 0.2) is 0 Å². The molecule has 3 unspecified atom stereocenters. The Morgan fingerprint density at radius 3 is 2.50 bits per heavy atom. The average Bonchev–Trinajstić information content (AvgIpc) is 3.17. The molecule has 2 rings (SSSR count). The fraction of sp³-hybridized carbons (Fsp3) is 0.625. The van der Waals surface area contributed by atoms with E-state index in [1.807, 2.05) is 0 Å². The van der Waals surface area contributed by atoms with E-state index >= 15 is 0 Å². The molecule has 0 bridgehead atoms. The number of hydrogen-bond donors (Lipinski definition) is 0. The summed E-state index contributed by atoms with van der Waals surface area (Å²) in [6.07, 6.45) is 4.27. The van der Waals surface area contributed by atoms with Gasteiger partial charge < -0.3 is 9.47 Å². The Morgan fingerprint density at radius 2 is 1.94 bits per heavy atom. The zero-order chi connectivity index (χ0) is 13.0. The van der Waals surface area contributed by atoms with Crippen molar-refractivity contribution in [3.8, 4) is 5.75 Å². The highest BCUT2D eigenvalue weighted by Gasteiger charge is 2.40. The van der Waals surface area contributed by atoms with Crippen LogP contribution in [0.4, 0.5) is 0 Å². The van der Waals surface area contributed by atoms with Crippen LogP contribution in [0.1, 0.15) is 39.2 Å². The number of epoxide rings is 1. The summed E-state index contributed by atoms with van der Waals surface area (Å²) in [5, 5.41) is 0. The molecular formula is C16H24O2. The molecular weight excluding hydrogens is 224 g/mol. The highest BCUT2D eigenvalue weighted by Crippen LogP contribution is 2.33. The Hall–Kier alpha value is -1.02. The maximum Gasteiger partial charge on any atom is 0.119 e. The van der Waals surface area contributed by atoms with Crippen LogP contribution in [0, 0.1) is 5.92 Å². The summed E-state index contributed by atoms with van der Waals surface area (Å²) in [6, 6.07) is 8.49. The molecule has 0 N–H and O–H groups in total. The third kappa shape index (κ3) is 3.49. The predicted octanol–water partition coefficient (Wildman–Crippen LogP) is 3.83. The molecule has 1 aliphatic heterocycles. The summed E-state index contributed by atoms with van der Waals surface area (Å²) in [6.45, 7) is 7.39. The van der Waals surface area contributed by atoms with E-state index in [4.69, 9.17) is 9.47 Å². The molecule has 0 spiro atoms. The molecule has 1 aromatic carbocycles. The lowest BCUT2D eigenvalue weighted by molar-refractivity contribution is 0.316. The van der Waals surface area contributed by atoms with Crippen molar-refractivity contribution >= 4 is 0 Å². The van der Waals surface area contributed by atoms with Crippen molar-refractivity contribution in [2.45, 2.75) is 52.2 Å². The van der Waals surface area contributed by atoms with Gasteiger partial charge in [-0.05, 0) is 42.9 Å². The molecule has 3 atom stereocenters. The van der Waals surface area contributed by atoms with Gasteiger partial charge in [-0.15, -0.1) is 0 Å². The van der Waals surface area contributed by atoms with Crippen molar-refractivity contribution < 1.29 is 9.47 Å². The Labute approximate surface area is 110 Å². The second-order valence-electron chi connectivity index (χ2n) is 5.22. The first-order valence-corrected chi connectivity index (χ1v) is 7.11. The van der Waals surface area contributed by atoms with Gasteiger partial charge in [0.1, 0.15) is 5.75 Å². The van der Waals surface area contributed by atoms with Gasteiger partial charge in [0.25, 0.3) is 0 Å². The molecule has 0 amide bonds. The minimum Gasteiger partial charge on any atom is -0.494 e. The van der Waals surface area contributed by atoms with Crippen molar-refractivity contribution in [3.05, 3.63) is 29.8 Å². The summed E-state index contributed by atoms with van der Waals surface area (Å²) in [7, 11) is 0. The van der Waals surface area contributed by atoms with Gasteiger partial charge in [0.05, 0.1) is 18.8 Å². The van der Waals surface area contributed by atoms with Crippen LogP contribution in [0.15, 0.2) is 24.3 Å². The first-order chi connectivity index (χ1) is 8.74. The summed E-state index contributed by atoms with van der Waals surface area (Å²) in [4.78, 5) is 0. The Kier molecular flexibility index (Phi) is 4.65. The molecule has 0 aromatic heterocycles. The lowest BCUT2D eigenvalue weighted by atomic mass is 9.96. The van der Waals surface area contributed by atoms with Gasteiger partial charge in [0.2, 0.25) is 0 Å². The van der Waals surface area contributed by atoms with Crippen LogP contribution in [-0.4, -0.2) is 18.8 Å². The summed E-state index contributed by atoms with van der Waals surface area (Å²) in [5.41, 5.74) is 1.37. The van der Waals surface area contributed by atoms with E-state index in [1.54, 1.807) is 0 Å². The highest BCUT2D eigenvalue weighted by atomic mass is 16.6. The van der Waals surface area contributed by atoms with E-state index in [-0.39, 0.29) is 0 Å². The molecule has 0 aliphatic carbocycles. The van der Waals surface area contributed by atoms with E-state index in [2.05, 4.69) is 45.0 Å². The van der Waals surface area contributed by atoms with E-state index in [0.717, 1.165) is 31.6 Å². The van der Waals surface area contributed by atoms with Crippen LogP contribution in [0.3, 0.4) is 0 Å². The molecule has 18 heavy (non-hydrogen) atoms. The molecule has 1 heterocycles. The molecule has 1 aliphatic rings. The van der Waals surface area contributed by atoms with E-state index in [1.165, 1.54) is 5.56 Å². The van der Waals surface area contributed by atoms with Gasteiger partial charge >= 0.3 is 0 Å². The fourth-order valence-corrected chi connectivity index (χ4v) is 2.42. The molecule has 100 valence electrons. The second kappa shape index (κ2) is 6.24. The molecule has 1 aromatic rings. The van der Waals surface area contributed by atoms with Gasteiger partial charge in [-0.3, -0.25) is 0 Å². The number of hydrogen-bond acceptors (Lipinski definition) is 2. The normalized spacial score (nSPS) is 23.7. The third-order valence-corrected chi connectivity index (χ3v) is 3.54. The van der Waals surface area contributed by atoms with Gasteiger partial charge in [-0.1, -0.05) is 32.9 Å². The molecule has 1 saturated heterocycles. The first-order valence-electron chi connectivity index (χ1n) is 7.11. The number of ether oxygens (including phenoxy) is 2. The van der Waals surface area contributed by atoms with Crippen molar-refractivity contribution in [2.75, 3.05) is 6.61 Å². The minimum atomic E-state index is 0.478. The second-order valence-corrected chi connectivity index (χ2v) is 5.22. The monoisotopic (exact) mass is 248 g/mol. The van der Waals surface area contributed by atoms with Crippen molar-refractivity contribution in [3.63, 3.8) is 0 Å². The molecule has 0 saturated carbocycles. The molecule has 2 nitrogen and oxygen atoms in total. The Bertz CT molecular complexity index is 358.